The van der Waals surface area contributed by atoms with Gasteiger partial charge in [0.25, 0.3) is 5.91 Å². The maximum absolute atomic E-state index is 13.1. The lowest BCUT2D eigenvalue weighted by Crippen LogP contribution is -2.50. The van der Waals surface area contributed by atoms with Crippen LogP contribution in [0.25, 0.3) is 23.1 Å². The molecule has 6 heteroatoms. The number of amides is 2. The SMILES string of the molecule is CCCCC/C=C/C/C=C\CCCCCCCC(=O)N1CCN(C(=O)c2ccc(/C=C/c3n[nH]c4ccccc34)cc2)CC1. The molecule has 2 amide bonds. The summed E-state index contributed by atoms with van der Waals surface area (Å²) in [5.74, 6) is 0.253. The van der Waals surface area contributed by atoms with E-state index >= 15 is 0 Å². The molecule has 1 fully saturated rings. The Kier molecular flexibility index (Phi) is 14.0. The number of unbranched alkanes of at least 4 members (excludes halogenated alkanes) is 8. The van der Waals surface area contributed by atoms with E-state index in [2.05, 4.69) is 41.4 Å². The topological polar surface area (TPSA) is 69.3 Å². The number of carbonyl (C=O) groups excluding carboxylic acids is 2. The van der Waals surface area contributed by atoms with Crippen LogP contribution in [0.3, 0.4) is 0 Å². The minimum absolute atomic E-state index is 0.0274. The Morgan fingerprint density at radius 2 is 1.41 bits per heavy atom. The molecule has 3 aromatic rings. The Bertz CT molecular complexity index is 1380. The summed E-state index contributed by atoms with van der Waals surface area (Å²) in [5, 5.41) is 8.51. The molecule has 0 spiro atoms. The number of piperazine rings is 1. The van der Waals surface area contributed by atoms with Gasteiger partial charge >= 0.3 is 0 Å². The smallest absolute Gasteiger partial charge is 0.253 e. The summed E-state index contributed by atoms with van der Waals surface area (Å²) < 4.78 is 0. The van der Waals surface area contributed by atoms with Gasteiger partial charge in [0.05, 0.1) is 11.2 Å². The molecule has 234 valence electrons. The van der Waals surface area contributed by atoms with Crippen molar-refractivity contribution in [2.24, 2.45) is 0 Å². The second kappa shape index (κ2) is 18.7. The first kappa shape index (κ1) is 33.0. The van der Waals surface area contributed by atoms with Crippen LogP contribution in [-0.4, -0.2) is 58.0 Å². The Labute approximate surface area is 263 Å². The zero-order valence-electron chi connectivity index (χ0n) is 26.6. The van der Waals surface area contributed by atoms with Crippen LogP contribution in [0.5, 0.6) is 0 Å². The molecule has 1 aliphatic heterocycles. The van der Waals surface area contributed by atoms with Crippen molar-refractivity contribution in [1.29, 1.82) is 0 Å². The van der Waals surface area contributed by atoms with Gasteiger partial charge in [-0.3, -0.25) is 14.7 Å². The molecule has 1 N–H and O–H groups in total. The monoisotopic (exact) mass is 594 g/mol. The average Bonchev–Trinajstić information content (AvgIpc) is 3.48. The number of fused-ring (bicyclic) bond motifs is 1. The molecule has 4 rings (SSSR count). The summed E-state index contributed by atoms with van der Waals surface area (Å²) in [6, 6.07) is 15.7. The molecule has 0 aliphatic carbocycles. The van der Waals surface area contributed by atoms with Gasteiger partial charge in [-0.15, -0.1) is 0 Å². The molecule has 0 bridgehead atoms. The molecule has 0 radical (unpaired) electrons. The second-order valence-electron chi connectivity index (χ2n) is 11.8. The number of carbonyl (C=O) groups is 2. The first-order valence-electron chi connectivity index (χ1n) is 16.7. The number of nitrogens with one attached hydrogen (secondary N) is 1. The van der Waals surface area contributed by atoms with Crippen LogP contribution in [0.15, 0.2) is 72.8 Å². The third kappa shape index (κ3) is 10.7. The first-order valence-corrected chi connectivity index (χ1v) is 16.7. The van der Waals surface area contributed by atoms with E-state index in [1.54, 1.807) is 0 Å². The number of hydrogen-bond donors (Lipinski definition) is 1. The van der Waals surface area contributed by atoms with Crippen LogP contribution in [0.2, 0.25) is 0 Å². The molecule has 2 aromatic carbocycles. The van der Waals surface area contributed by atoms with Gasteiger partial charge in [-0.25, -0.2) is 0 Å². The van der Waals surface area contributed by atoms with Crippen LogP contribution in [0, 0.1) is 0 Å². The van der Waals surface area contributed by atoms with E-state index in [1.807, 2.05) is 70.5 Å². The maximum atomic E-state index is 13.1. The van der Waals surface area contributed by atoms with Crippen LogP contribution in [0.1, 0.15) is 106 Å². The third-order valence-electron chi connectivity index (χ3n) is 8.35. The van der Waals surface area contributed by atoms with Crippen LogP contribution in [0.4, 0.5) is 0 Å². The van der Waals surface area contributed by atoms with Crippen molar-refractivity contribution in [3.05, 3.63) is 89.7 Å². The highest BCUT2D eigenvalue weighted by molar-refractivity contribution is 5.95. The van der Waals surface area contributed by atoms with Gasteiger partial charge in [-0.1, -0.05) is 99.7 Å². The Morgan fingerprint density at radius 3 is 2.16 bits per heavy atom. The number of para-hydroxylation sites is 1. The number of nitrogens with zero attached hydrogens (tertiary/aromatic N) is 3. The summed E-state index contributed by atoms with van der Waals surface area (Å²) in [6.45, 7) is 4.64. The first-order chi connectivity index (χ1) is 21.7. The van der Waals surface area contributed by atoms with E-state index in [1.165, 1.54) is 44.9 Å². The van der Waals surface area contributed by atoms with E-state index in [0.29, 0.717) is 38.2 Å². The summed E-state index contributed by atoms with van der Waals surface area (Å²) in [7, 11) is 0. The van der Waals surface area contributed by atoms with Crippen molar-refractivity contribution in [2.45, 2.75) is 84.0 Å². The van der Waals surface area contributed by atoms with Crippen molar-refractivity contribution in [1.82, 2.24) is 20.0 Å². The number of allylic oxidation sites excluding steroid dienone is 4. The number of H-pyrrole nitrogens is 1. The molecule has 0 saturated carbocycles. The molecule has 1 saturated heterocycles. The van der Waals surface area contributed by atoms with Crippen molar-refractivity contribution < 1.29 is 9.59 Å². The van der Waals surface area contributed by atoms with Gasteiger partial charge in [0, 0.05) is 43.5 Å². The highest BCUT2D eigenvalue weighted by atomic mass is 16.2. The largest absolute Gasteiger partial charge is 0.339 e. The molecule has 1 aliphatic rings. The Hall–Kier alpha value is -3.93. The standard InChI is InChI=1S/C38H50N4O2/c1-2-3-4-5-6-7-8-9-10-11-12-13-14-15-16-21-37(43)41-28-30-42(31-29-41)38(44)33-25-22-32(23-26-33)24-27-36-34-19-17-18-20-35(34)39-40-36/h6-7,9-10,17-20,22-27H,2-5,8,11-16,21,28-31H2,1H3,(H,39,40)/b7-6+,10-9-,27-24+. The molecule has 1 aromatic heterocycles. The van der Waals surface area contributed by atoms with Crippen LogP contribution in [-0.2, 0) is 4.79 Å². The Balaban J connectivity index is 1.06. The fourth-order valence-electron chi connectivity index (χ4n) is 5.61. The predicted molar refractivity (Wildman–Crippen MR) is 183 cm³/mol. The molecule has 6 nitrogen and oxygen atoms in total. The third-order valence-corrected chi connectivity index (χ3v) is 8.35. The van der Waals surface area contributed by atoms with Gasteiger partial charge in [0.15, 0.2) is 0 Å². The van der Waals surface area contributed by atoms with E-state index in [-0.39, 0.29) is 11.8 Å². The molecular weight excluding hydrogens is 544 g/mol. The summed E-state index contributed by atoms with van der Waals surface area (Å²) in [5.41, 5.74) is 3.59. The fourth-order valence-corrected chi connectivity index (χ4v) is 5.61. The van der Waals surface area contributed by atoms with E-state index in [9.17, 15) is 9.59 Å². The van der Waals surface area contributed by atoms with E-state index < -0.39 is 0 Å². The van der Waals surface area contributed by atoms with Crippen molar-refractivity contribution in [3.8, 4) is 0 Å². The van der Waals surface area contributed by atoms with Crippen molar-refractivity contribution >= 4 is 34.9 Å². The summed E-state index contributed by atoms with van der Waals surface area (Å²) in [6.07, 6.45) is 26.8. The normalized spacial score (nSPS) is 14.1. The lowest BCUT2D eigenvalue weighted by Gasteiger charge is -2.35. The minimum Gasteiger partial charge on any atom is -0.339 e. The molecule has 0 atom stereocenters. The maximum Gasteiger partial charge on any atom is 0.253 e. The average molecular weight is 595 g/mol. The van der Waals surface area contributed by atoms with Gasteiger partial charge in [0.2, 0.25) is 5.91 Å². The van der Waals surface area contributed by atoms with E-state index in [4.69, 9.17) is 0 Å². The number of benzene rings is 2. The fraction of sp³-hybridized carbons (Fsp3) is 0.447. The van der Waals surface area contributed by atoms with Gasteiger partial charge in [0.1, 0.15) is 0 Å². The van der Waals surface area contributed by atoms with Gasteiger partial charge in [-0.2, -0.15) is 5.10 Å². The summed E-state index contributed by atoms with van der Waals surface area (Å²) in [4.78, 5) is 29.6. The highest BCUT2D eigenvalue weighted by Crippen LogP contribution is 2.18. The van der Waals surface area contributed by atoms with Crippen molar-refractivity contribution in [2.75, 3.05) is 26.2 Å². The lowest BCUT2D eigenvalue weighted by atomic mass is 10.1. The predicted octanol–water partition coefficient (Wildman–Crippen LogP) is 8.83. The number of aromatic nitrogens is 2. The zero-order chi connectivity index (χ0) is 30.8. The van der Waals surface area contributed by atoms with Gasteiger partial charge < -0.3 is 9.80 Å². The van der Waals surface area contributed by atoms with Crippen LogP contribution < -0.4 is 0 Å². The Morgan fingerprint density at radius 1 is 0.750 bits per heavy atom. The van der Waals surface area contributed by atoms with Crippen molar-refractivity contribution in [3.63, 3.8) is 0 Å². The zero-order valence-corrected chi connectivity index (χ0v) is 26.6. The van der Waals surface area contributed by atoms with Gasteiger partial charge in [-0.05, 0) is 68.4 Å². The number of rotatable bonds is 17. The minimum atomic E-state index is 0.0274. The molecule has 2 heterocycles. The lowest BCUT2D eigenvalue weighted by molar-refractivity contribution is -0.132. The van der Waals surface area contributed by atoms with E-state index in [0.717, 1.165) is 47.8 Å². The molecule has 0 unspecified atom stereocenters. The summed E-state index contributed by atoms with van der Waals surface area (Å²) >= 11 is 0. The quantitative estimate of drug-likeness (QED) is 0.125. The molecule has 44 heavy (non-hydrogen) atoms. The second-order valence-corrected chi connectivity index (χ2v) is 11.8. The molecular formula is C38H50N4O2. The number of hydrogen-bond acceptors (Lipinski definition) is 3. The number of aromatic amines is 1. The highest BCUT2D eigenvalue weighted by Gasteiger charge is 2.24. The van der Waals surface area contributed by atoms with Crippen LogP contribution >= 0.6 is 0 Å².